The van der Waals surface area contributed by atoms with Crippen LogP contribution in [0.2, 0.25) is 0 Å². The molecule has 9 nitrogen and oxygen atoms in total. The highest BCUT2D eigenvalue weighted by Crippen LogP contribution is 2.30. The molecule has 0 saturated carbocycles. The van der Waals surface area contributed by atoms with Crippen LogP contribution < -0.4 is 5.56 Å². The lowest BCUT2D eigenvalue weighted by Crippen LogP contribution is -2.26. The van der Waals surface area contributed by atoms with Gasteiger partial charge in [-0.1, -0.05) is 0 Å². The zero-order valence-electron chi connectivity index (χ0n) is 15.2. The number of nitriles is 1. The van der Waals surface area contributed by atoms with Gasteiger partial charge in [0.25, 0.3) is 11.2 Å². The number of non-ortho nitro benzene ring substituents is 1. The van der Waals surface area contributed by atoms with Crippen molar-refractivity contribution in [2.75, 3.05) is 13.7 Å². The summed E-state index contributed by atoms with van der Waals surface area (Å²) in [4.78, 5) is 27.0. The van der Waals surface area contributed by atoms with E-state index in [9.17, 15) is 25.3 Å². The second kappa shape index (κ2) is 9.25. The second-order valence-electron chi connectivity index (χ2n) is 5.80. The number of nitrogens with zero attached hydrogens (tertiary/aromatic N) is 4. The zero-order valence-corrected chi connectivity index (χ0v) is 16.8. The third kappa shape index (κ3) is 4.44. The van der Waals surface area contributed by atoms with Crippen molar-refractivity contribution >= 4 is 33.5 Å². The lowest BCUT2D eigenvalue weighted by Gasteiger charge is -2.13. The summed E-state index contributed by atoms with van der Waals surface area (Å²) in [6.07, 6.45) is 1.80. The normalized spacial score (nSPS) is 10.9. The van der Waals surface area contributed by atoms with E-state index in [1.54, 1.807) is 6.92 Å². The van der Waals surface area contributed by atoms with Gasteiger partial charge in [-0.25, -0.2) is 0 Å². The van der Waals surface area contributed by atoms with Gasteiger partial charge in [0, 0.05) is 43.1 Å². The number of nitro groups is 1. The Kier molecular flexibility index (Phi) is 7.03. The molecule has 146 valence electrons. The molecule has 2 aromatic rings. The summed E-state index contributed by atoms with van der Waals surface area (Å²) in [5, 5.41) is 30.7. The highest BCUT2D eigenvalue weighted by atomic mass is 79.9. The molecule has 0 saturated heterocycles. The highest BCUT2D eigenvalue weighted by Gasteiger charge is 2.18. The van der Waals surface area contributed by atoms with E-state index in [0.717, 1.165) is 4.57 Å². The van der Waals surface area contributed by atoms with Gasteiger partial charge in [-0.2, -0.15) is 5.26 Å². The van der Waals surface area contributed by atoms with Crippen LogP contribution in [0, 0.1) is 28.4 Å². The fraction of sp³-hybridized carbons (Fsp3) is 0.278. The summed E-state index contributed by atoms with van der Waals surface area (Å²) >= 11 is 3.22. The molecule has 0 atom stereocenters. The average molecular weight is 449 g/mol. The Hall–Kier alpha value is -3.03. The molecule has 0 spiro atoms. The molecule has 1 N–H and O–H groups in total. The Bertz CT molecular complexity index is 1040. The number of hydrogen-bond acceptors (Lipinski definition) is 7. The average Bonchev–Trinajstić information content (AvgIpc) is 2.65. The number of pyridine rings is 1. The van der Waals surface area contributed by atoms with Crippen LogP contribution in [0.1, 0.15) is 23.1 Å². The van der Waals surface area contributed by atoms with Gasteiger partial charge in [0.15, 0.2) is 0 Å². The van der Waals surface area contributed by atoms with E-state index in [4.69, 9.17) is 4.74 Å². The van der Waals surface area contributed by atoms with Crippen LogP contribution in [0.15, 0.2) is 32.5 Å². The van der Waals surface area contributed by atoms with Crippen molar-refractivity contribution in [2.24, 2.45) is 4.99 Å². The number of rotatable bonds is 7. The van der Waals surface area contributed by atoms with Crippen LogP contribution in [-0.4, -0.2) is 34.5 Å². The molecule has 1 aromatic carbocycles. The predicted octanol–water partition coefficient (Wildman–Crippen LogP) is 3.19. The third-order valence-corrected chi connectivity index (χ3v) is 4.69. The van der Waals surface area contributed by atoms with Crippen LogP contribution in [0.4, 0.5) is 11.4 Å². The van der Waals surface area contributed by atoms with Crippen molar-refractivity contribution in [1.29, 1.82) is 5.26 Å². The van der Waals surface area contributed by atoms with Crippen molar-refractivity contribution in [3.63, 3.8) is 0 Å². The molecule has 1 heterocycles. The number of aromatic nitrogens is 1. The summed E-state index contributed by atoms with van der Waals surface area (Å²) < 4.78 is 6.46. The van der Waals surface area contributed by atoms with Gasteiger partial charge < -0.3 is 9.84 Å². The summed E-state index contributed by atoms with van der Waals surface area (Å²) in [5.74, 6) is -0.306. The molecule has 0 aliphatic heterocycles. The fourth-order valence-corrected chi connectivity index (χ4v) is 3.02. The second-order valence-corrected chi connectivity index (χ2v) is 6.66. The van der Waals surface area contributed by atoms with Crippen LogP contribution in [0.5, 0.6) is 5.88 Å². The number of aromatic hydroxyl groups is 1. The molecule has 0 amide bonds. The van der Waals surface area contributed by atoms with E-state index in [1.165, 1.54) is 31.5 Å². The minimum atomic E-state index is -0.581. The lowest BCUT2D eigenvalue weighted by molar-refractivity contribution is -0.384. The fourth-order valence-electron chi connectivity index (χ4n) is 2.55. The summed E-state index contributed by atoms with van der Waals surface area (Å²) in [7, 11) is 1.53. The first-order chi connectivity index (χ1) is 13.3. The SMILES string of the molecule is COCCCn1c(O)c(C=Nc2ccc([N+](=O)[O-])cc2Br)c(C)c(C#N)c1=O. The summed E-state index contributed by atoms with van der Waals surface area (Å²) in [6, 6.07) is 5.93. The largest absolute Gasteiger partial charge is 0.494 e. The van der Waals surface area contributed by atoms with Crippen LogP contribution >= 0.6 is 15.9 Å². The molecule has 0 bridgehead atoms. The van der Waals surface area contributed by atoms with Gasteiger partial charge in [-0.3, -0.25) is 24.5 Å². The zero-order chi connectivity index (χ0) is 20.8. The van der Waals surface area contributed by atoms with Crippen molar-refractivity contribution in [3.05, 3.63) is 59.8 Å². The maximum absolute atomic E-state index is 12.4. The molecule has 2 rings (SSSR count). The van der Waals surface area contributed by atoms with Crippen LogP contribution in [0.25, 0.3) is 0 Å². The summed E-state index contributed by atoms with van der Waals surface area (Å²) in [5.41, 5.74) is 0.152. The maximum Gasteiger partial charge on any atom is 0.271 e. The van der Waals surface area contributed by atoms with Gasteiger partial charge in [-0.15, -0.1) is 0 Å². The first-order valence-corrected chi connectivity index (χ1v) is 8.94. The first kappa shape index (κ1) is 21.3. The Balaban J connectivity index is 2.52. The first-order valence-electron chi connectivity index (χ1n) is 8.15. The van der Waals surface area contributed by atoms with Crippen molar-refractivity contribution in [2.45, 2.75) is 19.9 Å². The smallest absolute Gasteiger partial charge is 0.271 e. The molecule has 28 heavy (non-hydrogen) atoms. The quantitative estimate of drug-likeness (QED) is 0.299. The molecule has 0 unspecified atom stereocenters. The predicted molar refractivity (Wildman–Crippen MR) is 106 cm³/mol. The minimum Gasteiger partial charge on any atom is -0.494 e. The molecular weight excluding hydrogens is 432 g/mol. The molecule has 0 aliphatic rings. The number of benzene rings is 1. The summed E-state index contributed by atoms with van der Waals surface area (Å²) in [6.45, 7) is 2.11. The van der Waals surface area contributed by atoms with E-state index in [-0.39, 0.29) is 29.2 Å². The van der Waals surface area contributed by atoms with E-state index in [0.29, 0.717) is 28.8 Å². The van der Waals surface area contributed by atoms with Crippen molar-refractivity contribution < 1.29 is 14.8 Å². The van der Waals surface area contributed by atoms with Gasteiger partial charge in [0.2, 0.25) is 5.88 Å². The van der Waals surface area contributed by atoms with Gasteiger partial charge in [-0.05, 0) is 40.9 Å². The molecule has 1 aromatic heterocycles. The van der Waals surface area contributed by atoms with Crippen molar-refractivity contribution in [3.8, 4) is 11.9 Å². The van der Waals surface area contributed by atoms with E-state index in [2.05, 4.69) is 20.9 Å². The van der Waals surface area contributed by atoms with Crippen LogP contribution in [0.3, 0.4) is 0 Å². The number of aliphatic imine (C=N–C) groups is 1. The molecule has 0 aliphatic carbocycles. The maximum atomic E-state index is 12.4. The topological polar surface area (TPSA) is 131 Å². The number of halogens is 1. The molecular formula is C18H17BrN4O5. The van der Waals surface area contributed by atoms with E-state index < -0.39 is 10.5 Å². The number of methoxy groups -OCH3 is 1. The Morgan fingerprint density at radius 3 is 2.79 bits per heavy atom. The van der Waals surface area contributed by atoms with Gasteiger partial charge in [0.1, 0.15) is 11.6 Å². The molecule has 10 heteroatoms. The standard InChI is InChI=1S/C18H17BrN4O5/c1-11-13(9-20)17(24)22(6-3-7-28-2)18(25)14(11)10-21-16-5-4-12(23(26)27)8-15(16)19/h4-5,8,10,25H,3,6-7H2,1-2H3. The molecule has 0 radical (unpaired) electrons. The molecule has 0 fully saturated rings. The number of hydrogen-bond donors (Lipinski definition) is 1. The number of ether oxygens (including phenoxy) is 1. The van der Waals surface area contributed by atoms with Gasteiger partial charge in [0.05, 0.1) is 16.2 Å². The number of nitro benzene ring substituents is 1. The van der Waals surface area contributed by atoms with E-state index in [1.807, 2.05) is 6.07 Å². The Labute approximate surface area is 168 Å². The van der Waals surface area contributed by atoms with Crippen LogP contribution in [-0.2, 0) is 11.3 Å². The lowest BCUT2D eigenvalue weighted by atomic mass is 10.1. The van der Waals surface area contributed by atoms with E-state index >= 15 is 0 Å². The van der Waals surface area contributed by atoms with Crippen molar-refractivity contribution in [1.82, 2.24) is 4.57 Å². The highest BCUT2D eigenvalue weighted by molar-refractivity contribution is 9.10. The third-order valence-electron chi connectivity index (χ3n) is 4.05. The van der Waals surface area contributed by atoms with Gasteiger partial charge >= 0.3 is 0 Å². The Morgan fingerprint density at radius 1 is 1.50 bits per heavy atom. The monoisotopic (exact) mass is 448 g/mol. The minimum absolute atomic E-state index is 0.0839. The Morgan fingerprint density at radius 2 is 2.21 bits per heavy atom.